The van der Waals surface area contributed by atoms with Crippen molar-refractivity contribution >= 4 is 0 Å². The van der Waals surface area contributed by atoms with Crippen LogP contribution in [0.1, 0.15) is 124 Å². The third-order valence-electron chi connectivity index (χ3n) is 6.38. The zero-order valence-corrected chi connectivity index (χ0v) is 20.3. The normalized spacial score (nSPS) is 17.9. The van der Waals surface area contributed by atoms with Gasteiger partial charge in [-0.3, -0.25) is 0 Å². The number of aryl methyl sites for hydroxylation is 1. The predicted octanol–water partition coefficient (Wildman–Crippen LogP) is 9.86. The molecule has 3 aliphatic carbocycles. The van der Waals surface area contributed by atoms with Gasteiger partial charge in [0.05, 0.1) is 0 Å². The van der Waals surface area contributed by atoms with Crippen LogP contribution in [0.15, 0.2) is 30.3 Å². The van der Waals surface area contributed by atoms with Gasteiger partial charge < -0.3 is 0 Å². The molecule has 4 rings (SSSR count). The van der Waals surface area contributed by atoms with E-state index < -0.39 is 0 Å². The summed E-state index contributed by atoms with van der Waals surface area (Å²) in [5.74, 6) is 3.35. The van der Waals surface area contributed by atoms with Crippen LogP contribution in [0, 0.1) is 17.8 Å². The molecule has 0 heteroatoms. The van der Waals surface area contributed by atoms with E-state index in [0.717, 1.165) is 24.2 Å². The largest absolute Gasteiger partial charge is 0.0683 e. The second-order valence-electron chi connectivity index (χ2n) is 8.45. The Kier molecular flexibility index (Phi) is 19.0. The predicted molar refractivity (Wildman–Crippen MR) is 130 cm³/mol. The minimum absolute atomic E-state index is 1.10. The molecular formula is C28H52. The maximum Gasteiger partial charge on any atom is -0.0307 e. The third kappa shape index (κ3) is 15.2. The molecule has 1 aromatic carbocycles. The lowest BCUT2D eigenvalue weighted by Crippen LogP contribution is -2.08. The van der Waals surface area contributed by atoms with Gasteiger partial charge in [-0.2, -0.15) is 0 Å². The number of hydrogen-bond donors (Lipinski definition) is 0. The summed E-state index contributed by atoms with van der Waals surface area (Å²) in [6.07, 6.45) is 18.9. The lowest BCUT2D eigenvalue weighted by molar-refractivity contribution is 0.307. The Hall–Kier alpha value is -0.780. The van der Waals surface area contributed by atoms with Crippen molar-refractivity contribution in [1.82, 2.24) is 0 Å². The Bertz CT molecular complexity index is 391. The summed E-state index contributed by atoms with van der Waals surface area (Å²) in [6, 6.07) is 10.5. The molecule has 0 unspecified atom stereocenters. The quantitative estimate of drug-likeness (QED) is 0.481. The fraction of sp³-hybridized carbons (Fsp3) is 0.786. The molecule has 0 radical (unpaired) electrons. The average Bonchev–Trinajstić information content (AvgIpc) is 3.43. The monoisotopic (exact) mass is 388 g/mol. The number of hydrogen-bond acceptors (Lipinski definition) is 0. The topological polar surface area (TPSA) is 0 Å². The van der Waals surface area contributed by atoms with Crippen molar-refractivity contribution in [3.8, 4) is 0 Å². The Morgan fingerprint density at radius 1 is 0.571 bits per heavy atom. The van der Waals surface area contributed by atoms with Crippen LogP contribution >= 0.6 is 0 Å². The van der Waals surface area contributed by atoms with E-state index >= 15 is 0 Å². The molecule has 3 saturated carbocycles. The molecule has 0 aromatic heterocycles. The first kappa shape index (κ1) is 27.2. The summed E-state index contributed by atoms with van der Waals surface area (Å²) in [5.41, 5.74) is 1.41. The first-order valence-corrected chi connectivity index (χ1v) is 12.8. The summed E-state index contributed by atoms with van der Waals surface area (Å²) in [6.45, 7) is 13.0. The SMILES string of the molecule is CC.CCC1CC1.CCC1CCC1.CCC1CCCC1.CCc1ccccc1. The average molecular weight is 389 g/mol. The molecule has 0 nitrogen and oxygen atoms in total. The van der Waals surface area contributed by atoms with E-state index in [0.29, 0.717) is 0 Å². The first-order valence-electron chi connectivity index (χ1n) is 12.8. The summed E-state index contributed by atoms with van der Waals surface area (Å²) >= 11 is 0. The molecule has 0 bridgehead atoms. The lowest BCUT2D eigenvalue weighted by Gasteiger charge is -2.22. The number of benzene rings is 1. The highest BCUT2D eigenvalue weighted by Gasteiger charge is 2.17. The summed E-state index contributed by atoms with van der Waals surface area (Å²) in [7, 11) is 0. The third-order valence-corrected chi connectivity index (χ3v) is 6.38. The molecule has 28 heavy (non-hydrogen) atoms. The molecule has 3 fully saturated rings. The van der Waals surface area contributed by atoms with E-state index in [-0.39, 0.29) is 0 Å². The van der Waals surface area contributed by atoms with Gasteiger partial charge >= 0.3 is 0 Å². The molecule has 0 heterocycles. The van der Waals surface area contributed by atoms with E-state index in [4.69, 9.17) is 0 Å². The molecule has 0 spiro atoms. The summed E-state index contributed by atoms with van der Waals surface area (Å²) in [5, 5.41) is 0. The molecule has 164 valence electrons. The lowest BCUT2D eigenvalue weighted by atomic mass is 9.84. The van der Waals surface area contributed by atoms with Crippen LogP contribution in [0.4, 0.5) is 0 Å². The van der Waals surface area contributed by atoms with E-state index in [1.165, 1.54) is 82.6 Å². The molecule has 0 amide bonds. The van der Waals surface area contributed by atoms with Gasteiger partial charge in [-0.25, -0.2) is 0 Å². The van der Waals surface area contributed by atoms with E-state index in [1.54, 1.807) is 0 Å². The minimum Gasteiger partial charge on any atom is -0.0683 e. The van der Waals surface area contributed by atoms with Gasteiger partial charge in [-0.15, -0.1) is 0 Å². The highest BCUT2D eigenvalue weighted by atomic mass is 14.2. The van der Waals surface area contributed by atoms with Crippen LogP contribution in [-0.2, 0) is 6.42 Å². The minimum atomic E-state index is 1.10. The maximum absolute atomic E-state index is 2.30. The second-order valence-corrected chi connectivity index (χ2v) is 8.45. The van der Waals surface area contributed by atoms with Crippen molar-refractivity contribution < 1.29 is 0 Å². The highest BCUT2D eigenvalue weighted by Crippen LogP contribution is 2.31. The molecule has 3 aliphatic rings. The van der Waals surface area contributed by atoms with Gasteiger partial charge in [-0.05, 0) is 29.7 Å². The molecule has 0 N–H and O–H groups in total. The van der Waals surface area contributed by atoms with Crippen LogP contribution in [0.5, 0.6) is 0 Å². The summed E-state index contributed by atoms with van der Waals surface area (Å²) < 4.78 is 0. The second kappa shape index (κ2) is 19.5. The Labute approximate surface area is 178 Å². The highest BCUT2D eigenvalue weighted by molar-refractivity contribution is 5.13. The maximum atomic E-state index is 2.30. The van der Waals surface area contributed by atoms with Gasteiger partial charge in [0.2, 0.25) is 0 Å². The zero-order valence-electron chi connectivity index (χ0n) is 20.3. The van der Waals surface area contributed by atoms with Crippen LogP contribution in [0.3, 0.4) is 0 Å². The zero-order chi connectivity index (χ0) is 21.0. The van der Waals surface area contributed by atoms with Gasteiger partial charge in [0.1, 0.15) is 0 Å². The van der Waals surface area contributed by atoms with Crippen molar-refractivity contribution in [2.24, 2.45) is 17.8 Å². The smallest absolute Gasteiger partial charge is 0.0307 e. The standard InChI is InChI=1S/C8H10.C7H14.C6H12.C5H10.C2H6/c1-2-8-6-4-3-5-7-8;1-2-7-5-3-4-6-7;1-2-6-4-3-5-6;1-2-5-3-4-5;1-2/h3-7H,2H2,1H3;7H,2-6H2,1H3;6H,2-5H2,1H3;5H,2-4H2,1H3;1-2H3. The molecule has 1 aromatic rings. The first-order chi connectivity index (χ1) is 13.7. The van der Waals surface area contributed by atoms with Crippen LogP contribution in [0.25, 0.3) is 0 Å². The van der Waals surface area contributed by atoms with Gasteiger partial charge in [0, 0.05) is 0 Å². The molecular weight excluding hydrogens is 336 g/mol. The summed E-state index contributed by atoms with van der Waals surface area (Å²) in [4.78, 5) is 0. The fourth-order valence-electron chi connectivity index (χ4n) is 3.56. The van der Waals surface area contributed by atoms with Crippen molar-refractivity contribution in [1.29, 1.82) is 0 Å². The van der Waals surface area contributed by atoms with E-state index in [2.05, 4.69) is 52.0 Å². The molecule has 0 saturated heterocycles. The van der Waals surface area contributed by atoms with Gasteiger partial charge in [-0.1, -0.05) is 149 Å². The van der Waals surface area contributed by atoms with Crippen molar-refractivity contribution in [2.75, 3.05) is 0 Å². The molecule has 0 aliphatic heterocycles. The van der Waals surface area contributed by atoms with Crippen molar-refractivity contribution in [3.05, 3.63) is 35.9 Å². The van der Waals surface area contributed by atoms with E-state index in [9.17, 15) is 0 Å². The molecule has 0 atom stereocenters. The van der Waals surface area contributed by atoms with Crippen molar-refractivity contribution in [2.45, 2.75) is 125 Å². The van der Waals surface area contributed by atoms with Gasteiger partial charge in [0.25, 0.3) is 0 Å². The van der Waals surface area contributed by atoms with Gasteiger partial charge in [0.15, 0.2) is 0 Å². The van der Waals surface area contributed by atoms with Crippen LogP contribution in [0.2, 0.25) is 0 Å². The Morgan fingerprint density at radius 3 is 1.14 bits per heavy atom. The number of rotatable bonds is 4. The van der Waals surface area contributed by atoms with Crippen molar-refractivity contribution in [3.63, 3.8) is 0 Å². The van der Waals surface area contributed by atoms with Crippen LogP contribution in [-0.4, -0.2) is 0 Å². The Morgan fingerprint density at radius 2 is 0.964 bits per heavy atom. The Balaban J connectivity index is 0.000000341. The van der Waals surface area contributed by atoms with E-state index in [1.807, 2.05) is 19.9 Å². The van der Waals surface area contributed by atoms with Crippen LogP contribution < -0.4 is 0 Å². The fourth-order valence-corrected chi connectivity index (χ4v) is 3.56.